The Balaban J connectivity index is 3.20. The first kappa shape index (κ1) is 13.5. The molecule has 0 spiro atoms. The SMILES string of the molecule is C=CCCc1cc(CC=C)c(C)c(C(=C)C)c1. The van der Waals surface area contributed by atoms with Crippen LogP contribution >= 0.6 is 0 Å². The van der Waals surface area contributed by atoms with Gasteiger partial charge in [0.25, 0.3) is 0 Å². The fourth-order valence-electron chi connectivity index (χ4n) is 2.06. The molecule has 1 aromatic rings. The molecule has 0 saturated carbocycles. The lowest BCUT2D eigenvalue weighted by Crippen LogP contribution is -1.97. The Hall–Kier alpha value is -1.56. The summed E-state index contributed by atoms with van der Waals surface area (Å²) in [4.78, 5) is 0. The first-order valence-electron chi connectivity index (χ1n) is 6.10. The van der Waals surface area contributed by atoms with Crippen molar-refractivity contribution in [3.8, 4) is 0 Å². The summed E-state index contributed by atoms with van der Waals surface area (Å²) in [5.41, 5.74) is 6.47. The molecular formula is C17H22. The lowest BCUT2D eigenvalue weighted by atomic mass is 9.92. The molecule has 0 aromatic heterocycles. The van der Waals surface area contributed by atoms with Crippen LogP contribution in [0.1, 0.15) is 35.6 Å². The highest BCUT2D eigenvalue weighted by atomic mass is 14.1. The Morgan fingerprint density at radius 1 is 1.24 bits per heavy atom. The quantitative estimate of drug-likeness (QED) is 0.607. The van der Waals surface area contributed by atoms with Crippen molar-refractivity contribution < 1.29 is 0 Å². The van der Waals surface area contributed by atoms with Gasteiger partial charge in [-0.1, -0.05) is 36.4 Å². The van der Waals surface area contributed by atoms with Gasteiger partial charge in [-0.25, -0.2) is 0 Å². The van der Waals surface area contributed by atoms with E-state index in [0.29, 0.717) is 0 Å². The lowest BCUT2D eigenvalue weighted by Gasteiger charge is -2.13. The van der Waals surface area contributed by atoms with Crippen LogP contribution in [0.4, 0.5) is 0 Å². The van der Waals surface area contributed by atoms with E-state index >= 15 is 0 Å². The molecule has 0 radical (unpaired) electrons. The molecule has 0 heteroatoms. The molecule has 17 heavy (non-hydrogen) atoms. The average Bonchev–Trinajstić information content (AvgIpc) is 2.29. The summed E-state index contributed by atoms with van der Waals surface area (Å²) in [6.45, 7) is 15.9. The molecule has 0 N–H and O–H groups in total. The topological polar surface area (TPSA) is 0 Å². The number of benzene rings is 1. The molecule has 0 unspecified atom stereocenters. The Morgan fingerprint density at radius 2 is 1.94 bits per heavy atom. The highest BCUT2D eigenvalue weighted by Gasteiger charge is 2.06. The van der Waals surface area contributed by atoms with E-state index in [1.165, 1.54) is 22.3 Å². The van der Waals surface area contributed by atoms with Crippen molar-refractivity contribution in [2.24, 2.45) is 0 Å². The van der Waals surface area contributed by atoms with Gasteiger partial charge >= 0.3 is 0 Å². The van der Waals surface area contributed by atoms with Crippen LogP contribution in [0, 0.1) is 6.92 Å². The van der Waals surface area contributed by atoms with Crippen LogP contribution < -0.4 is 0 Å². The highest BCUT2D eigenvalue weighted by Crippen LogP contribution is 2.24. The maximum Gasteiger partial charge on any atom is -0.00972 e. The monoisotopic (exact) mass is 226 g/mol. The summed E-state index contributed by atoms with van der Waals surface area (Å²) in [5.74, 6) is 0. The first-order valence-corrected chi connectivity index (χ1v) is 6.10. The average molecular weight is 226 g/mol. The third kappa shape index (κ3) is 3.45. The Labute approximate surface area is 105 Å². The van der Waals surface area contributed by atoms with Crippen molar-refractivity contribution in [3.05, 3.63) is 66.3 Å². The second-order valence-electron chi connectivity index (χ2n) is 4.53. The fraction of sp³-hybridized carbons (Fsp3) is 0.294. The van der Waals surface area contributed by atoms with Crippen molar-refractivity contribution in [2.45, 2.75) is 33.1 Å². The number of allylic oxidation sites excluding steroid dienone is 3. The summed E-state index contributed by atoms with van der Waals surface area (Å²) in [7, 11) is 0. The third-order valence-electron chi connectivity index (χ3n) is 3.04. The zero-order valence-corrected chi connectivity index (χ0v) is 11.1. The Kier molecular flexibility index (Phi) is 4.96. The summed E-state index contributed by atoms with van der Waals surface area (Å²) in [6, 6.07) is 4.54. The van der Waals surface area contributed by atoms with Crippen LogP contribution in [0.5, 0.6) is 0 Å². The van der Waals surface area contributed by atoms with Gasteiger partial charge in [0, 0.05) is 0 Å². The van der Waals surface area contributed by atoms with E-state index in [1.807, 2.05) is 12.2 Å². The third-order valence-corrected chi connectivity index (χ3v) is 3.04. The number of hydrogen-bond acceptors (Lipinski definition) is 0. The van der Waals surface area contributed by atoms with Crippen LogP contribution in [0.25, 0.3) is 5.57 Å². The van der Waals surface area contributed by atoms with Gasteiger partial charge in [-0.15, -0.1) is 13.2 Å². The molecule has 0 atom stereocenters. The Morgan fingerprint density at radius 3 is 2.47 bits per heavy atom. The standard InChI is InChI=1S/C17H22/c1-6-8-10-15-11-16(9-7-2)14(5)17(12-15)13(3)4/h6-7,11-12H,1-3,8-10H2,4-5H3. The molecule has 0 nitrogen and oxygen atoms in total. The maximum absolute atomic E-state index is 4.06. The van der Waals surface area contributed by atoms with Crippen LogP contribution in [0.15, 0.2) is 44.0 Å². The molecule has 0 amide bonds. The normalized spacial score (nSPS) is 10.0. The van der Waals surface area contributed by atoms with Gasteiger partial charge in [0.05, 0.1) is 0 Å². The number of hydrogen-bond donors (Lipinski definition) is 0. The fourth-order valence-corrected chi connectivity index (χ4v) is 2.06. The summed E-state index contributed by atoms with van der Waals surface area (Å²) in [5, 5.41) is 0. The molecule has 0 bridgehead atoms. The number of rotatable bonds is 6. The predicted octanol–water partition coefficient (Wildman–Crippen LogP) is 4.88. The minimum Gasteiger partial charge on any atom is -0.103 e. The molecule has 1 rings (SSSR count). The van der Waals surface area contributed by atoms with Gasteiger partial charge in [0.1, 0.15) is 0 Å². The summed E-state index contributed by atoms with van der Waals surface area (Å²) in [6.07, 6.45) is 6.92. The van der Waals surface area contributed by atoms with Gasteiger partial charge in [-0.3, -0.25) is 0 Å². The van der Waals surface area contributed by atoms with E-state index < -0.39 is 0 Å². The lowest BCUT2D eigenvalue weighted by molar-refractivity contribution is 0.992. The highest BCUT2D eigenvalue weighted by molar-refractivity contribution is 5.66. The molecule has 0 fully saturated rings. The minimum absolute atomic E-state index is 0.925. The minimum atomic E-state index is 0.925. The van der Waals surface area contributed by atoms with Gasteiger partial charge in [0.2, 0.25) is 0 Å². The molecule has 0 aliphatic rings. The van der Waals surface area contributed by atoms with Crippen molar-refractivity contribution in [3.63, 3.8) is 0 Å². The molecule has 90 valence electrons. The van der Waals surface area contributed by atoms with E-state index in [1.54, 1.807) is 0 Å². The predicted molar refractivity (Wildman–Crippen MR) is 78.3 cm³/mol. The van der Waals surface area contributed by atoms with Gasteiger partial charge in [0.15, 0.2) is 0 Å². The maximum atomic E-state index is 4.06. The molecule has 0 heterocycles. The van der Waals surface area contributed by atoms with Crippen molar-refractivity contribution in [1.82, 2.24) is 0 Å². The molecule has 1 aromatic carbocycles. The van der Waals surface area contributed by atoms with Gasteiger partial charge in [-0.2, -0.15) is 0 Å². The van der Waals surface area contributed by atoms with E-state index in [-0.39, 0.29) is 0 Å². The zero-order chi connectivity index (χ0) is 12.8. The molecule has 0 saturated heterocycles. The number of aryl methyl sites for hydroxylation is 1. The van der Waals surface area contributed by atoms with Crippen molar-refractivity contribution in [1.29, 1.82) is 0 Å². The first-order chi connectivity index (χ1) is 8.10. The summed E-state index contributed by atoms with van der Waals surface area (Å²) >= 11 is 0. The zero-order valence-electron chi connectivity index (χ0n) is 11.1. The van der Waals surface area contributed by atoms with Crippen LogP contribution in [-0.2, 0) is 12.8 Å². The summed E-state index contributed by atoms with van der Waals surface area (Å²) < 4.78 is 0. The smallest absolute Gasteiger partial charge is 0.00972 e. The van der Waals surface area contributed by atoms with Crippen LogP contribution in [-0.4, -0.2) is 0 Å². The van der Waals surface area contributed by atoms with E-state index in [4.69, 9.17) is 0 Å². The molecule has 0 aliphatic carbocycles. The van der Waals surface area contributed by atoms with Gasteiger partial charge in [-0.05, 0) is 55.4 Å². The van der Waals surface area contributed by atoms with E-state index in [2.05, 4.69) is 45.7 Å². The largest absolute Gasteiger partial charge is 0.103 e. The van der Waals surface area contributed by atoms with Crippen LogP contribution in [0.2, 0.25) is 0 Å². The van der Waals surface area contributed by atoms with Crippen molar-refractivity contribution in [2.75, 3.05) is 0 Å². The second kappa shape index (κ2) is 6.24. The van der Waals surface area contributed by atoms with Crippen LogP contribution in [0.3, 0.4) is 0 Å². The van der Waals surface area contributed by atoms with E-state index in [0.717, 1.165) is 24.8 Å². The second-order valence-corrected chi connectivity index (χ2v) is 4.53. The van der Waals surface area contributed by atoms with Crippen molar-refractivity contribution >= 4 is 5.57 Å². The van der Waals surface area contributed by atoms with E-state index in [9.17, 15) is 0 Å². The van der Waals surface area contributed by atoms with Gasteiger partial charge < -0.3 is 0 Å². The molecule has 0 aliphatic heterocycles. The Bertz CT molecular complexity index is 436. The molecular weight excluding hydrogens is 204 g/mol.